The number of carbonyl (C=O) groups is 1. The van der Waals surface area contributed by atoms with Crippen LogP contribution in [0.3, 0.4) is 0 Å². The van der Waals surface area contributed by atoms with E-state index in [0.29, 0.717) is 38.2 Å². The van der Waals surface area contributed by atoms with Gasteiger partial charge in [0, 0.05) is 16.5 Å². The molecule has 0 unspecified atom stereocenters. The van der Waals surface area contributed by atoms with Crippen LogP contribution in [0.2, 0.25) is 10.0 Å². The summed E-state index contributed by atoms with van der Waals surface area (Å²) in [6.45, 7) is 2.14. The molecule has 33 heavy (non-hydrogen) atoms. The molecule has 0 spiro atoms. The van der Waals surface area contributed by atoms with E-state index in [-0.39, 0.29) is 12.6 Å². The van der Waals surface area contributed by atoms with Crippen molar-refractivity contribution in [3.63, 3.8) is 0 Å². The fourth-order valence-corrected chi connectivity index (χ4v) is 4.39. The Hall–Kier alpha value is -3.00. The van der Waals surface area contributed by atoms with Crippen LogP contribution in [0.25, 0.3) is 5.69 Å². The number of nitrogens with one attached hydrogen (secondary N) is 2. The molecule has 9 heteroatoms. The molecule has 0 fully saturated rings. The zero-order chi connectivity index (χ0) is 23.2. The molecule has 2 amide bonds. The summed E-state index contributed by atoms with van der Waals surface area (Å²) >= 11 is 14.3. The molecule has 4 rings (SSSR count). The zero-order valence-electron chi connectivity index (χ0n) is 17.8. The van der Waals surface area contributed by atoms with Gasteiger partial charge in [0.15, 0.2) is 11.0 Å². The lowest BCUT2D eigenvalue weighted by Crippen LogP contribution is -2.29. The lowest BCUT2D eigenvalue weighted by molar-refractivity contribution is 0.251. The molecule has 0 radical (unpaired) electrons. The number of aromatic nitrogens is 3. The minimum atomic E-state index is -0.343. The van der Waals surface area contributed by atoms with Crippen LogP contribution in [-0.4, -0.2) is 20.8 Å². The van der Waals surface area contributed by atoms with Crippen molar-refractivity contribution in [1.29, 1.82) is 0 Å². The second-order valence-electron chi connectivity index (χ2n) is 7.28. The van der Waals surface area contributed by atoms with Crippen LogP contribution in [-0.2, 0) is 12.3 Å². The lowest BCUT2D eigenvalue weighted by Gasteiger charge is -2.13. The summed E-state index contributed by atoms with van der Waals surface area (Å²) in [6.07, 6.45) is 0. The van der Waals surface area contributed by atoms with Crippen LogP contribution in [0.4, 0.5) is 10.5 Å². The van der Waals surface area contributed by atoms with Crippen molar-refractivity contribution in [2.24, 2.45) is 0 Å². The highest BCUT2D eigenvalue weighted by atomic mass is 35.5. The van der Waals surface area contributed by atoms with Gasteiger partial charge in [0.05, 0.1) is 17.3 Å². The Balaban J connectivity index is 1.55. The number of hydrogen-bond acceptors (Lipinski definition) is 4. The van der Waals surface area contributed by atoms with Crippen LogP contribution >= 0.6 is 35.0 Å². The van der Waals surface area contributed by atoms with Gasteiger partial charge in [-0.25, -0.2) is 4.79 Å². The summed E-state index contributed by atoms with van der Waals surface area (Å²) < 4.78 is 1.83. The Morgan fingerprint density at radius 2 is 1.76 bits per heavy atom. The van der Waals surface area contributed by atoms with E-state index in [1.54, 1.807) is 18.2 Å². The zero-order valence-corrected chi connectivity index (χ0v) is 20.1. The maximum Gasteiger partial charge on any atom is 0.319 e. The Kier molecular flexibility index (Phi) is 7.54. The van der Waals surface area contributed by atoms with E-state index in [0.717, 1.165) is 11.1 Å². The first-order valence-corrected chi connectivity index (χ1v) is 11.9. The van der Waals surface area contributed by atoms with E-state index < -0.39 is 0 Å². The fraction of sp³-hybridized carbons (Fsp3) is 0.125. The highest BCUT2D eigenvalue weighted by Gasteiger charge is 2.18. The molecule has 0 aliphatic heterocycles. The standard InChI is InChI=1S/C24H21Cl2N5OS/c1-16-7-10-19(11-8-16)28-23(32)27-14-22-29-30-24(33-15-17-5-3-2-4-6-17)31(22)21-13-18(25)9-12-20(21)26/h2-13H,14-15H2,1H3,(H2,27,28,32). The van der Waals surface area contributed by atoms with Gasteiger partial charge in [0.2, 0.25) is 0 Å². The van der Waals surface area contributed by atoms with Crippen molar-refractivity contribution in [1.82, 2.24) is 20.1 Å². The molecule has 168 valence electrons. The van der Waals surface area contributed by atoms with Gasteiger partial charge in [-0.3, -0.25) is 4.57 Å². The van der Waals surface area contributed by atoms with E-state index >= 15 is 0 Å². The summed E-state index contributed by atoms with van der Waals surface area (Å²) in [5.74, 6) is 1.24. The Morgan fingerprint density at radius 3 is 2.52 bits per heavy atom. The number of hydrogen-bond donors (Lipinski definition) is 2. The predicted octanol–water partition coefficient (Wildman–Crippen LogP) is 6.50. The van der Waals surface area contributed by atoms with Gasteiger partial charge in [0.25, 0.3) is 0 Å². The molecule has 0 saturated carbocycles. The molecule has 0 aliphatic rings. The number of nitrogens with zero attached hydrogens (tertiary/aromatic N) is 3. The summed E-state index contributed by atoms with van der Waals surface area (Å²) in [5, 5.41) is 16.0. The third-order valence-electron chi connectivity index (χ3n) is 4.78. The third kappa shape index (κ3) is 6.07. The molecule has 0 atom stereocenters. The molecular weight excluding hydrogens is 477 g/mol. The molecule has 0 bridgehead atoms. The van der Waals surface area contributed by atoms with E-state index in [1.807, 2.05) is 54.0 Å². The van der Waals surface area contributed by atoms with Crippen LogP contribution in [0, 0.1) is 6.92 Å². The monoisotopic (exact) mass is 497 g/mol. The molecule has 4 aromatic rings. The van der Waals surface area contributed by atoms with Crippen molar-refractivity contribution in [2.45, 2.75) is 24.4 Å². The number of anilines is 1. The van der Waals surface area contributed by atoms with Crippen molar-refractivity contribution in [3.05, 3.63) is 99.8 Å². The molecule has 0 aliphatic carbocycles. The quantitative estimate of drug-likeness (QED) is 0.286. The van der Waals surface area contributed by atoms with Crippen molar-refractivity contribution < 1.29 is 4.79 Å². The number of amides is 2. The van der Waals surface area contributed by atoms with Crippen molar-refractivity contribution in [2.75, 3.05) is 5.32 Å². The number of aryl methyl sites for hydroxylation is 1. The van der Waals surface area contributed by atoms with E-state index in [4.69, 9.17) is 23.2 Å². The van der Waals surface area contributed by atoms with Crippen LogP contribution < -0.4 is 10.6 Å². The second-order valence-corrected chi connectivity index (χ2v) is 9.06. The van der Waals surface area contributed by atoms with Crippen LogP contribution in [0.1, 0.15) is 17.0 Å². The minimum Gasteiger partial charge on any atom is -0.331 e. The maximum atomic E-state index is 12.4. The van der Waals surface area contributed by atoms with Crippen molar-refractivity contribution >= 4 is 46.7 Å². The molecule has 1 heterocycles. The number of thioether (sulfide) groups is 1. The number of carbonyl (C=O) groups excluding carboxylic acids is 1. The molecule has 6 nitrogen and oxygen atoms in total. The number of halogens is 2. The summed E-state index contributed by atoms with van der Waals surface area (Å²) in [6, 6.07) is 22.5. The Bertz CT molecular complexity index is 1250. The smallest absolute Gasteiger partial charge is 0.319 e. The van der Waals surface area contributed by atoms with Crippen molar-refractivity contribution in [3.8, 4) is 5.69 Å². The SMILES string of the molecule is Cc1ccc(NC(=O)NCc2nnc(SCc3ccccc3)n2-c2cc(Cl)ccc2Cl)cc1. The molecule has 0 saturated heterocycles. The largest absolute Gasteiger partial charge is 0.331 e. The van der Waals surface area contributed by atoms with Gasteiger partial charge in [-0.15, -0.1) is 10.2 Å². The predicted molar refractivity (Wildman–Crippen MR) is 134 cm³/mol. The van der Waals surface area contributed by atoms with Gasteiger partial charge in [-0.05, 0) is 42.8 Å². The van der Waals surface area contributed by atoms with E-state index in [1.165, 1.54) is 11.8 Å². The molecule has 3 aromatic carbocycles. The highest BCUT2D eigenvalue weighted by molar-refractivity contribution is 7.98. The van der Waals surface area contributed by atoms with Gasteiger partial charge >= 0.3 is 6.03 Å². The first-order valence-electron chi connectivity index (χ1n) is 10.2. The van der Waals surface area contributed by atoms with Gasteiger partial charge in [-0.1, -0.05) is 83.0 Å². The maximum absolute atomic E-state index is 12.4. The lowest BCUT2D eigenvalue weighted by atomic mass is 10.2. The van der Waals surface area contributed by atoms with E-state index in [9.17, 15) is 4.79 Å². The average molecular weight is 498 g/mol. The number of urea groups is 1. The molecule has 2 N–H and O–H groups in total. The van der Waals surface area contributed by atoms with Gasteiger partial charge < -0.3 is 10.6 Å². The molecular formula is C24H21Cl2N5OS. The highest BCUT2D eigenvalue weighted by Crippen LogP contribution is 2.30. The molecule has 1 aromatic heterocycles. The summed E-state index contributed by atoms with van der Waals surface area (Å²) in [5.41, 5.74) is 3.64. The Labute approximate surface area is 206 Å². The fourth-order valence-electron chi connectivity index (χ4n) is 3.10. The van der Waals surface area contributed by atoms with Gasteiger partial charge in [0.1, 0.15) is 0 Å². The average Bonchev–Trinajstić information content (AvgIpc) is 3.22. The first kappa shape index (κ1) is 23.2. The minimum absolute atomic E-state index is 0.152. The topological polar surface area (TPSA) is 71.8 Å². The third-order valence-corrected chi connectivity index (χ3v) is 6.33. The summed E-state index contributed by atoms with van der Waals surface area (Å²) in [7, 11) is 0. The van der Waals surface area contributed by atoms with E-state index in [2.05, 4.69) is 33.0 Å². The van der Waals surface area contributed by atoms with Gasteiger partial charge in [-0.2, -0.15) is 0 Å². The first-order chi connectivity index (χ1) is 16.0. The van der Waals surface area contributed by atoms with Crippen LogP contribution in [0.5, 0.6) is 0 Å². The summed E-state index contributed by atoms with van der Waals surface area (Å²) in [4.78, 5) is 12.4. The number of benzene rings is 3. The normalized spacial score (nSPS) is 10.8. The number of rotatable bonds is 7. The Morgan fingerprint density at radius 1 is 1.00 bits per heavy atom. The van der Waals surface area contributed by atoms with Crippen LogP contribution in [0.15, 0.2) is 78.0 Å². The second kappa shape index (κ2) is 10.7.